The van der Waals surface area contributed by atoms with Gasteiger partial charge in [-0.25, -0.2) is 8.42 Å². The predicted molar refractivity (Wildman–Crippen MR) is 84.2 cm³/mol. The summed E-state index contributed by atoms with van der Waals surface area (Å²) in [7, 11) is -1.42. The molecule has 1 aromatic rings. The number of hydrogen-bond acceptors (Lipinski definition) is 3. The van der Waals surface area contributed by atoms with Crippen molar-refractivity contribution < 1.29 is 13.2 Å². The number of amides is 1. The number of rotatable bonds is 3. The van der Waals surface area contributed by atoms with E-state index in [1.165, 1.54) is 6.26 Å². The molecule has 1 aliphatic carbocycles. The van der Waals surface area contributed by atoms with E-state index in [0.29, 0.717) is 12.0 Å². The van der Waals surface area contributed by atoms with Crippen LogP contribution in [0.3, 0.4) is 0 Å². The van der Waals surface area contributed by atoms with Gasteiger partial charge in [-0.05, 0) is 31.9 Å². The summed E-state index contributed by atoms with van der Waals surface area (Å²) in [5.41, 5.74) is 1.71. The Bertz CT molecular complexity index is 607. The highest BCUT2D eigenvalue weighted by molar-refractivity contribution is 7.91. The molecule has 0 radical (unpaired) electrons. The van der Waals surface area contributed by atoms with Crippen molar-refractivity contribution in [2.45, 2.75) is 43.9 Å². The van der Waals surface area contributed by atoms with E-state index in [1.807, 2.05) is 19.1 Å². The standard InChI is InChI=1S/C16H23NO3S/c1-12-8-10-13(11-9-12)16(18)17(2)14-6-4-5-7-15(14)21(3,19)20/h8-11,14-15H,4-7H2,1-3H3/t14-,15-/m1/s1. The van der Waals surface area contributed by atoms with Gasteiger partial charge in [0.2, 0.25) is 0 Å². The van der Waals surface area contributed by atoms with Crippen LogP contribution in [0, 0.1) is 6.92 Å². The largest absolute Gasteiger partial charge is 0.337 e. The third-order valence-corrected chi connectivity index (χ3v) is 5.98. The summed E-state index contributed by atoms with van der Waals surface area (Å²) in [6.07, 6.45) is 4.57. The molecule has 1 aromatic carbocycles. The average molecular weight is 309 g/mol. The van der Waals surface area contributed by atoms with Gasteiger partial charge < -0.3 is 4.90 Å². The van der Waals surface area contributed by atoms with E-state index in [-0.39, 0.29) is 11.9 Å². The average Bonchev–Trinajstić information content (AvgIpc) is 2.45. The number of benzene rings is 1. The third kappa shape index (κ3) is 3.64. The Morgan fingerprint density at radius 2 is 1.71 bits per heavy atom. The fraction of sp³-hybridized carbons (Fsp3) is 0.562. The summed E-state index contributed by atoms with van der Waals surface area (Å²) in [6.45, 7) is 1.97. The fourth-order valence-corrected chi connectivity index (χ4v) is 4.55. The maximum Gasteiger partial charge on any atom is 0.253 e. The van der Waals surface area contributed by atoms with Crippen LogP contribution in [0.5, 0.6) is 0 Å². The molecule has 21 heavy (non-hydrogen) atoms. The molecular weight excluding hydrogens is 286 g/mol. The third-order valence-electron chi connectivity index (χ3n) is 4.33. The lowest BCUT2D eigenvalue weighted by Gasteiger charge is -2.37. The minimum absolute atomic E-state index is 0.101. The first-order chi connectivity index (χ1) is 9.80. The van der Waals surface area contributed by atoms with Gasteiger partial charge in [-0.2, -0.15) is 0 Å². The first kappa shape index (κ1) is 16.0. The van der Waals surface area contributed by atoms with Crippen LogP contribution >= 0.6 is 0 Å². The Morgan fingerprint density at radius 1 is 1.14 bits per heavy atom. The number of sulfone groups is 1. The van der Waals surface area contributed by atoms with Crippen LogP contribution in [0.4, 0.5) is 0 Å². The molecule has 5 heteroatoms. The van der Waals surface area contributed by atoms with Gasteiger partial charge in [0.15, 0.2) is 9.84 Å². The second kappa shape index (κ2) is 6.18. The van der Waals surface area contributed by atoms with E-state index in [1.54, 1.807) is 24.1 Å². The number of carbonyl (C=O) groups is 1. The summed E-state index contributed by atoms with van der Waals surface area (Å²) in [6, 6.07) is 7.17. The van der Waals surface area contributed by atoms with Crippen molar-refractivity contribution >= 4 is 15.7 Å². The zero-order valence-electron chi connectivity index (χ0n) is 12.9. The molecular formula is C16H23NO3S. The summed E-state index contributed by atoms with van der Waals surface area (Å²) in [5.74, 6) is -0.101. The van der Waals surface area contributed by atoms with Crippen molar-refractivity contribution in [3.8, 4) is 0 Å². The molecule has 0 saturated heterocycles. The Morgan fingerprint density at radius 3 is 2.29 bits per heavy atom. The van der Waals surface area contributed by atoms with Crippen molar-refractivity contribution in [2.24, 2.45) is 0 Å². The van der Waals surface area contributed by atoms with Crippen molar-refractivity contribution in [2.75, 3.05) is 13.3 Å². The maximum atomic E-state index is 12.6. The summed E-state index contributed by atoms with van der Waals surface area (Å²) >= 11 is 0. The Kier molecular flexibility index (Phi) is 4.71. The Balaban J connectivity index is 2.22. The molecule has 0 unspecified atom stereocenters. The first-order valence-electron chi connectivity index (χ1n) is 7.33. The number of nitrogens with zero attached hydrogens (tertiary/aromatic N) is 1. The molecule has 0 heterocycles. The normalized spacial score (nSPS) is 22.8. The molecule has 0 aliphatic heterocycles. The Hall–Kier alpha value is -1.36. The molecule has 0 aromatic heterocycles. The Labute approximate surface area is 127 Å². The lowest BCUT2D eigenvalue weighted by Crippen LogP contribution is -2.49. The lowest BCUT2D eigenvalue weighted by molar-refractivity contribution is 0.0700. The molecule has 2 rings (SSSR count). The van der Waals surface area contributed by atoms with E-state index >= 15 is 0 Å². The molecule has 2 atom stereocenters. The topological polar surface area (TPSA) is 54.5 Å². The van der Waals surface area contributed by atoms with Gasteiger partial charge in [0.1, 0.15) is 0 Å². The number of hydrogen-bond donors (Lipinski definition) is 0. The van der Waals surface area contributed by atoms with E-state index in [9.17, 15) is 13.2 Å². The van der Waals surface area contributed by atoms with Crippen LogP contribution < -0.4 is 0 Å². The molecule has 0 N–H and O–H groups in total. The van der Waals surface area contributed by atoms with Gasteiger partial charge in [0.25, 0.3) is 5.91 Å². The van der Waals surface area contributed by atoms with Crippen LogP contribution in [-0.2, 0) is 9.84 Å². The van der Waals surface area contributed by atoms with Crippen LogP contribution in [-0.4, -0.2) is 43.8 Å². The van der Waals surface area contributed by atoms with Gasteiger partial charge in [0.05, 0.1) is 5.25 Å². The first-order valence-corrected chi connectivity index (χ1v) is 9.29. The molecule has 1 aliphatic rings. The fourth-order valence-electron chi connectivity index (χ4n) is 3.07. The van der Waals surface area contributed by atoms with Crippen molar-refractivity contribution in [1.82, 2.24) is 4.90 Å². The van der Waals surface area contributed by atoms with Crippen LogP contribution in [0.2, 0.25) is 0 Å². The van der Waals surface area contributed by atoms with Gasteiger partial charge >= 0.3 is 0 Å². The highest BCUT2D eigenvalue weighted by atomic mass is 32.2. The summed E-state index contributed by atoms with van der Waals surface area (Å²) < 4.78 is 23.9. The molecule has 1 amide bonds. The maximum absolute atomic E-state index is 12.6. The molecule has 0 spiro atoms. The quantitative estimate of drug-likeness (QED) is 0.861. The number of carbonyl (C=O) groups excluding carboxylic acids is 1. The van der Waals surface area contributed by atoms with Crippen molar-refractivity contribution in [3.63, 3.8) is 0 Å². The van der Waals surface area contributed by atoms with E-state index in [2.05, 4.69) is 0 Å². The van der Waals surface area contributed by atoms with Crippen molar-refractivity contribution in [1.29, 1.82) is 0 Å². The minimum atomic E-state index is -3.14. The zero-order valence-corrected chi connectivity index (χ0v) is 13.7. The van der Waals surface area contributed by atoms with E-state index < -0.39 is 15.1 Å². The van der Waals surface area contributed by atoms with Gasteiger partial charge in [0, 0.05) is 24.9 Å². The molecule has 0 bridgehead atoms. The molecule has 1 fully saturated rings. The second-order valence-corrected chi connectivity index (χ2v) is 8.27. The van der Waals surface area contributed by atoms with E-state index in [0.717, 1.165) is 24.8 Å². The SMILES string of the molecule is Cc1ccc(C(=O)N(C)[C@@H]2CCCC[C@H]2S(C)(=O)=O)cc1. The lowest BCUT2D eigenvalue weighted by atomic mass is 9.93. The van der Waals surface area contributed by atoms with Gasteiger partial charge in [-0.1, -0.05) is 30.5 Å². The van der Waals surface area contributed by atoms with Crippen LogP contribution in [0.25, 0.3) is 0 Å². The van der Waals surface area contributed by atoms with Crippen LogP contribution in [0.15, 0.2) is 24.3 Å². The van der Waals surface area contributed by atoms with E-state index in [4.69, 9.17) is 0 Å². The monoisotopic (exact) mass is 309 g/mol. The smallest absolute Gasteiger partial charge is 0.253 e. The highest BCUT2D eigenvalue weighted by Crippen LogP contribution is 2.28. The minimum Gasteiger partial charge on any atom is -0.337 e. The number of aryl methyl sites for hydroxylation is 1. The second-order valence-electron chi connectivity index (χ2n) is 6.00. The summed E-state index contributed by atoms with van der Waals surface area (Å²) in [5, 5.41) is -0.439. The predicted octanol–water partition coefficient (Wildman–Crippen LogP) is 2.42. The molecule has 4 nitrogen and oxygen atoms in total. The van der Waals surface area contributed by atoms with Crippen molar-refractivity contribution in [3.05, 3.63) is 35.4 Å². The van der Waals surface area contributed by atoms with Gasteiger partial charge in [-0.15, -0.1) is 0 Å². The summed E-state index contributed by atoms with van der Waals surface area (Å²) in [4.78, 5) is 14.2. The molecule has 1 saturated carbocycles. The molecule has 116 valence electrons. The van der Waals surface area contributed by atoms with Gasteiger partial charge in [-0.3, -0.25) is 4.79 Å². The zero-order chi connectivity index (χ0) is 15.6. The highest BCUT2D eigenvalue weighted by Gasteiger charge is 2.37. The van der Waals surface area contributed by atoms with Crippen LogP contribution in [0.1, 0.15) is 41.6 Å².